The average Bonchev–Trinajstić information content (AvgIpc) is 3.48. The van der Waals surface area contributed by atoms with Gasteiger partial charge in [0.05, 0.1) is 29.5 Å². The van der Waals surface area contributed by atoms with Crippen molar-refractivity contribution in [3.05, 3.63) is 131 Å². The molecule has 292 valence electrons. The lowest BCUT2D eigenvalue weighted by atomic mass is 9.97. The number of aromatic nitrogens is 4. The lowest BCUT2D eigenvalue weighted by molar-refractivity contribution is 0.0188. The van der Waals surface area contributed by atoms with E-state index in [1.54, 1.807) is 17.3 Å². The van der Waals surface area contributed by atoms with E-state index in [1.807, 2.05) is 84.6 Å². The highest BCUT2D eigenvalue weighted by Gasteiger charge is 2.49. The van der Waals surface area contributed by atoms with Crippen LogP contribution in [0, 0.1) is 0 Å². The lowest BCUT2D eigenvalue weighted by Crippen LogP contribution is -2.65. The van der Waals surface area contributed by atoms with E-state index in [0.717, 1.165) is 70.0 Å². The van der Waals surface area contributed by atoms with E-state index in [2.05, 4.69) is 61.3 Å². The highest BCUT2D eigenvalue weighted by Crippen LogP contribution is 2.40. The third-order valence-corrected chi connectivity index (χ3v) is 16.2. The van der Waals surface area contributed by atoms with Crippen LogP contribution in [0.4, 0.5) is 4.79 Å². The Hall–Kier alpha value is -5.06. The van der Waals surface area contributed by atoms with Gasteiger partial charge in [-0.15, -0.1) is 0 Å². The maximum atomic E-state index is 14.4. The van der Waals surface area contributed by atoms with Crippen molar-refractivity contribution in [1.82, 2.24) is 24.0 Å². The van der Waals surface area contributed by atoms with Crippen LogP contribution in [0.2, 0.25) is 5.04 Å². The van der Waals surface area contributed by atoms with Crippen molar-refractivity contribution in [2.45, 2.75) is 103 Å². The molecule has 0 saturated carbocycles. The van der Waals surface area contributed by atoms with Crippen molar-refractivity contribution >= 4 is 46.6 Å². The van der Waals surface area contributed by atoms with Crippen molar-refractivity contribution in [2.24, 2.45) is 0 Å². The van der Waals surface area contributed by atoms with E-state index in [1.165, 1.54) is 5.56 Å². The Labute approximate surface area is 331 Å². The summed E-state index contributed by atoms with van der Waals surface area (Å²) in [5.41, 5.74) is 3.05. The zero-order chi connectivity index (χ0) is 39.5. The number of imidazole rings is 1. The maximum Gasteiger partial charge on any atom is 0.410 e. The van der Waals surface area contributed by atoms with Crippen LogP contribution in [0.1, 0.15) is 90.4 Å². The highest BCUT2D eigenvalue weighted by atomic mass is 28.4. The molecule has 1 saturated heterocycles. The molecule has 0 spiro atoms. The summed E-state index contributed by atoms with van der Waals surface area (Å²) in [5.74, 6) is 0. The molecule has 1 amide bonds. The number of aryl methyl sites for hydroxylation is 1. The van der Waals surface area contributed by atoms with Gasteiger partial charge in [0.25, 0.3) is 8.32 Å². The van der Waals surface area contributed by atoms with Crippen molar-refractivity contribution in [1.29, 1.82) is 0 Å². The first kappa shape index (κ1) is 39.2. The van der Waals surface area contributed by atoms with Crippen molar-refractivity contribution in [2.75, 3.05) is 13.1 Å². The molecule has 1 fully saturated rings. The molecule has 1 N–H and O–H groups in total. The number of unbranched alkanes of at least 4 members (excludes halogenated alkanes) is 2. The van der Waals surface area contributed by atoms with Gasteiger partial charge in [0, 0.05) is 36.9 Å². The molecule has 9 nitrogen and oxygen atoms in total. The van der Waals surface area contributed by atoms with Crippen LogP contribution in [0.15, 0.2) is 114 Å². The summed E-state index contributed by atoms with van der Waals surface area (Å²) in [7, 11) is -3.07. The quantitative estimate of drug-likeness (QED) is 0.100. The molecular formula is C46H55N5O4Si. The van der Waals surface area contributed by atoms with Gasteiger partial charge in [0.15, 0.2) is 0 Å². The summed E-state index contributed by atoms with van der Waals surface area (Å²) in [6, 6.07) is 30.7. The van der Waals surface area contributed by atoms with Gasteiger partial charge in [-0.25, -0.2) is 9.59 Å². The Morgan fingerprint density at radius 2 is 1.46 bits per heavy atom. The fourth-order valence-corrected chi connectivity index (χ4v) is 12.4. The second kappa shape index (κ2) is 16.2. The molecule has 1 aliphatic rings. The first-order chi connectivity index (χ1) is 26.9. The number of rotatable bonds is 12. The third kappa shape index (κ3) is 7.95. The van der Waals surface area contributed by atoms with Crippen LogP contribution >= 0.6 is 0 Å². The third-order valence-electron chi connectivity index (χ3n) is 11.6. The molecule has 3 aromatic heterocycles. The van der Waals surface area contributed by atoms with E-state index < -0.39 is 13.9 Å². The molecule has 0 atom stereocenters. The number of hydrogen-bond donors (Lipinski definition) is 1. The molecule has 3 aromatic carbocycles. The Kier molecular flexibility index (Phi) is 11.3. The smallest absolute Gasteiger partial charge is 0.410 e. The number of amides is 1. The number of benzene rings is 3. The van der Waals surface area contributed by atoms with E-state index in [-0.39, 0.29) is 22.9 Å². The molecule has 6 aromatic rings. The number of hydrogen-bond acceptors (Lipinski definition) is 6. The molecule has 0 bridgehead atoms. The minimum absolute atomic E-state index is 0.0508. The molecule has 56 heavy (non-hydrogen) atoms. The number of fused-ring (bicyclic) bond motifs is 2. The van der Waals surface area contributed by atoms with Gasteiger partial charge in [-0.2, -0.15) is 0 Å². The van der Waals surface area contributed by atoms with Crippen LogP contribution in [0.5, 0.6) is 0 Å². The first-order valence-electron chi connectivity index (χ1n) is 20.1. The fourth-order valence-electron chi connectivity index (χ4n) is 8.63. The first-order valence-corrected chi connectivity index (χ1v) is 22.0. The maximum absolute atomic E-state index is 14.4. The number of likely N-dealkylation sites (tertiary alicyclic amines) is 1. The zero-order valence-electron chi connectivity index (χ0n) is 33.4. The summed E-state index contributed by atoms with van der Waals surface area (Å²) in [6.45, 7) is 11.5. The number of carbonyl (C=O) groups excluding carboxylic acids is 1. The molecular weight excluding hydrogens is 715 g/mol. The van der Waals surface area contributed by atoms with Gasteiger partial charge < -0.3 is 14.4 Å². The topological polar surface area (TPSA) is 102 Å². The van der Waals surface area contributed by atoms with Gasteiger partial charge in [-0.05, 0) is 85.3 Å². The molecule has 0 aliphatic carbocycles. The lowest BCUT2D eigenvalue weighted by Gasteiger charge is -2.41. The minimum Gasteiger partial charge on any atom is -0.444 e. The summed E-state index contributed by atoms with van der Waals surface area (Å²) >= 11 is 0. The fraction of sp³-hybridized carbons (Fsp3) is 0.391. The van der Waals surface area contributed by atoms with E-state index in [4.69, 9.17) is 9.72 Å². The number of piperidine rings is 1. The van der Waals surface area contributed by atoms with Gasteiger partial charge in [-0.3, -0.25) is 19.1 Å². The SMILES string of the molecule is CC(C)(C)OC(=O)N1CCC(n2c(=O)n(Cc3ncc4ccccc4c3CCCCCC(C)(C)[Si](O)(c3ccccc3)c3ccccc3)c3cnccc32)CC1. The van der Waals surface area contributed by atoms with Crippen LogP contribution in [-0.2, 0) is 17.7 Å². The number of ether oxygens (including phenoxy) is 1. The molecule has 0 unspecified atom stereocenters. The Morgan fingerprint density at radius 1 is 0.821 bits per heavy atom. The van der Waals surface area contributed by atoms with Crippen molar-refractivity contribution in [3.63, 3.8) is 0 Å². The van der Waals surface area contributed by atoms with E-state index >= 15 is 0 Å². The summed E-state index contributed by atoms with van der Waals surface area (Å²) in [6.07, 6.45) is 11.1. The zero-order valence-corrected chi connectivity index (χ0v) is 34.4. The van der Waals surface area contributed by atoms with Crippen LogP contribution in [0.3, 0.4) is 0 Å². The highest BCUT2D eigenvalue weighted by molar-refractivity contribution is 6.98. The minimum atomic E-state index is -3.07. The summed E-state index contributed by atoms with van der Waals surface area (Å²) in [5, 5.41) is 4.04. The summed E-state index contributed by atoms with van der Waals surface area (Å²) < 4.78 is 9.35. The molecule has 4 heterocycles. The number of carbonyl (C=O) groups is 1. The normalized spacial score (nSPS) is 14.4. The number of nitrogens with zero attached hydrogens (tertiary/aromatic N) is 5. The van der Waals surface area contributed by atoms with Gasteiger partial charge in [0.1, 0.15) is 5.60 Å². The van der Waals surface area contributed by atoms with E-state index in [0.29, 0.717) is 32.5 Å². The van der Waals surface area contributed by atoms with Crippen molar-refractivity contribution in [3.8, 4) is 0 Å². The van der Waals surface area contributed by atoms with Crippen LogP contribution < -0.4 is 16.1 Å². The number of pyridine rings is 2. The monoisotopic (exact) mass is 769 g/mol. The Morgan fingerprint density at radius 3 is 2.12 bits per heavy atom. The van der Waals surface area contributed by atoms with Crippen LogP contribution in [-0.4, -0.2) is 61.9 Å². The standard InChI is InChI=1S/C46H55N5O4Si/c1-45(2,3)55-44(53)49-29-25-35(26-30-49)51-41-24-28-47-32-42(41)50(43(51)52)33-40-39(38-22-15-14-17-34(38)31-48-40)23-13-8-16-27-46(4,5)56(54,36-18-9-6-10-19-36)37-20-11-7-12-21-37/h6-7,9-12,14-15,17-22,24,28,31-32,35,54H,8,13,16,23,25-27,29-30,33H2,1-5H3. The second-order valence-electron chi connectivity index (χ2n) is 17.0. The van der Waals surface area contributed by atoms with Crippen LogP contribution in [0.25, 0.3) is 21.8 Å². The molecule has 0 radical (unpaired) electrons. The van der Waals surface area contributed by atoms with Crippen molar-refractivity contribution < 1.29 is 14.3 Å². The predicted octanol–water partition coefficient (Wildman–Crippen LogP) is 8.00. The Bertz CT molecular complexity index is 2300. The van der Waals surface area contributed by atoms with E-state index in [9.17, 15) is 14.4 Å². The van der Waals surface area contributed by atoms with Gasteiger partial charge in [0.2, 0.25) is 0 Å². The Balaban J connectivity index is 1.10. The molecule has 10 heteroatoms. The second-order valence-corrected chi connectivity index (χ2v) is 20.9. The average molecular weight is 770 g/mol. The molecule has 1 aliphatic heterocycles. The largest absolute Gasteiger partial charge is 0.444 e. The molecule has 7 rings (SSSR count). The van der Waals surface area contributed by atoms with Gasteiger partial charge >= 0.3 is 11.8 Å². The van der Waals surface area contributed by atoms with Gasteiger partial charge in [-0.1, -0.05) is 112 Å². The summed E-state index contributed by atoms with van der Waals surface area (Å²) in [4.78, 5) is 51.0. The predicted molar refractivity (Wildman–Crippen MR) is 227 cm³/mol.